The number of likely N-dealkylation sites (N-methyl/N-ethyl adjacent to an activating group) is 1. The van der Waals surface area contributed by atoms with Crippen LogP contribution in [0.3, 0.4) is 0 Å². The number of benzene rings is 1. The molecule has 0 bridgehead atoms. The van der Waals surface area contributed by atoms with Gasteiger partial charge in [0.15, 0.2) is 5.65 Å². The Hall–Kier alpha value is -3.89. The maximum atomic E-state index is 14.0. The van der Waals surface area contributed by atoms with Gasteiger partial charge in [-0.3, -0.25) is 14.7 Å². The second kappa shape index (κ2) is 10.2. The number of carbonyl (C=O) groups is 1. The van der Waals surface area contributed by atoms with Gasteiger partial charge >= 0.3 is 6.01 Å². The number of rotatable bonds is 6. The third kappa shape index (κ3) is 4.46. The highest BCUT2D eigenvalue weighted by Crippen LogP contribution is 2.40. The van der Waals surface area contributed by atoms with E-state index in [1.165, 1.54) is 6.08 Å². The van der Waals surface area contributed by atoms with Crippen molar-refractivity contribution in [2.24, 2.45) is 0 Å². The highest BCUT2D eigenvalue weighted by atomic mass is 35.5. The van der Waals surface area contributed by atoms with Gasteiger partial charge in [-0.1, -0.05) is 30.3 Å². The number of ether oxygens (including phenoxy) is 1. The molecular formula is C30H29ClFN7O2. The number of anilines is 1. The lowest BCUT2D eigenvalue weighted by molar-refractivity contribution is -0.127. The summed E-state index contributed by atoms with van der Waals surface area (Å²) in [6.07, 6.45) is 5.30. The summed E-state index contributed by atoms with van der Waals surface area (Å²) >= 11 is 6.60. The Morgan fingerprint density at radius 1 is 1.17 bits per heavy atom. The van der Waals surface area contributed by atoms with Crippen LogP contribution in [0.5, 0.6) is 6.01 Å². The number of alkyl halides is 1. The lowest BCUT2D eigenvalue weighted by atomic mass is 9.96. The van der Waals surface area contributed by atoms with E-state index in [2.05, 4.69) is 16.5 Å². The number of likely N-dealkylation sites (tertiary alicyclic amines) is 2. The quantitative estimate of drug-likeness (QED) is 0.316. The van der Waals surface area contributed by atoms with Crippen LogP contribution in [0.4, 0.5) is 10.2 Å². The molecule has 1 aromatic carbocycles. The summed E-state index contributed by atoms with van der Waals surface area (Å²) in [4.78, 5) is 37.3. The first-order valence-corrected chi connectivity index (χ1v) is 14.2. The predicted octanol–water partition coefficient (Wildman–Crippen LogP) is 4.29. The molecule has 11 heteroatoms. The normalized spacial score (nSPS) is 24.1. The van der Waals surface area contributed by atoms with E-state index in [0.29, 0.717) is 42.4 Å². The molecule has 0 radical (unpaired) electrons. The molecule has 7 rings (SSSR count). The number of pyridine rings is 2. The molecule has 6 heterocycles. The van der Waals surface area contributed by atoms with Crippen molar-refractivity contribution in [2.45, 2.75) is 37.1 Å². The fraction of sp³-hybridized carbons (Fsp3) is 0.367. The minimum Gasteiger partial charge on any atom is -0.462 e. The van der Waals surface area contributed by atoms with Gasteiger partial charge in [-0.25, -0.2) is 9.37 Å². The summed E-state index contributed by atoms with van der Waals surface area (Å²) in [7, 11) is 1.90. The SMILES string of the molecule is C=CC(=O)N1CC[C@@H]2[C@H]1CN2c1nc(OC[C@@H]2C[C@@H](F)CN2C)nc2nc(-c3cncc4cccc(Cl)c34)ccc12. The van der Waals surface area contributed by atoms with Crippen LogP contribution in [-0.2, 0) is 4.79 Å². The molecular weight excluding hydrogens is 545 g/mol. The molecule has 3 saturated heterocycles. The van der Waals surface area contributed by atoms with Crippen LogP contribution in [0, 0.1) is 0 Å². The molecule has 0 saturated carbocycles. The highest BCUT2D eigenvalue weighted by molar-refractivity contribution is 6.36. The molecule has 0 unspecified atom stereocenters. The van der Waals surface area contributed by atoms with Gasteiger partial charge in [0.1, 0.15) is 18.6 Å². The topological polar surface area (TPSA) is 87.6 Å². The molecule has 41 heavy (non-hydrogen) atoms. The molecule has 4 aromatic rings. The Kier molecular flexibility index (Phi) is 6.47. The fourth-order valence-electron chi connectivity index (χ4n) is 6.42. The zero-order valence-corrected chi connectivity index (χ0v) is 23.3. The summed E-state index contributed by atoms with van der Waals surface area (Å²) in [5.74, 6) is 0.671. The molecule has 0 aliphatic carbocycles. The van der Waals surface area contributed by atoms with Crippen molar-refractivity contribution in [2.75, 3.05) is 38.2 Å². The molecule has 9 nitrogen and oxygen atoms in total. The van der Waals surface area contributed by atoms with E-state index in [-0.39, 0.29) is 36.7 Å². The van der Waals surface area contributed by atoms with Crippen molar-refractivity contribution < 1.29 is 13.9 Å². The van der Waals surface area contributed by atoms with E-state index in [4.69, 9.17) is 31.3 Å². The van der Waals surface area contributed by atoms with Crippen LogP contribution in [0.25, 0.3) is 33.1 Å². The van der Waals surface area contributed by atoms with Crippen molar-refractivity contribution >= 4 is 45.1 Å². The van der Waals surface area contributed by atoms with Crippen molar-refractivity contribution in [1.29, 1.82) is 0 Å². The predicted molar refractivity (Wildman–Crippen MR) is 156 cm³/mol. The van der Waals surface area contributed by atoms with E-state index >= 15 is 0 Å². The maximum absolute atomic E-state index is 14.0. The molecule has 0 spiro atoms. The van der Waals surface area contributed by atoms with Gasteiger partial charge < -0.3 is 14.5 Å². The lowest BCUT2D eigenvalue weighted by Gasteiger charge is -2.47. The summed E-state index contributed by atoms with van der Waals surface area (Å²) in [5, 5.41) is 3.19. The van der Waals surface area contributed by atoms with Gasteiger partial charge in [-0.15, -0.1) is 0 Å². The molecule has 1 amide bonds. The largest absolute Gasteiger partial charge is 0.462 e. The molecule has 3 fully saturated rings. The standard InChI is InChI=1S/C30H29ClFN7O2/c1-3-26(40)38-10-9-24-25(38)15-39(24)29-20-7-8-23(21-13-33-12-17-5-4-6-22(31)27(17)21)34-28(20)35-30(36-29)41-16-19-11-18(32)14-37(19)2/h3-8,12-13,18-19,24-25H,1,9-11,14-16H2,2H3/t18-,19+,24-,25-/m1/s1. The Bertz CT molecular complexity index is 1680. The third-order valence-electron chi connectivity index (χ3n) is 8.59. The summed E-state index contributed by atoms with van der Waals surface area (Å²) in [6, 6.07) is 10.0. The first-order valence-electron chi connectivity index (χ1n) is 13.8. The van der Waals surface area contributed by atoms with Gasteiger partial charge in [-0.05, 0) is 44.2 Å². The maximum Gasteiger partial charge on any atom is 0.320 e. The summed E-state index contributed by atoms with van der Waals surface area (Å²) in [5.41, 5.74) is 1.97. The minimum absolute atomic E-state index is 0.0470. The number of hydrogen-bond acceptors (Lipinski definition) is 8. The number of fused-ring (bicyclic) bond motifs is 3. The second-order valence-corrected chi connectivity index (χ2v) is 11.4. The number of halogens is 2. The van der Waals surface area contributed by atoms with E-state index < -0.39 is 6.17 Å². The molecule has 4 atom stereocenters. The van der Waals surface area contributed by atoms with Crippen LogP contribution in [0.15, 0.2) is 55.4 Å². The Balaban J connectivity index is 1.28. The highest BCUT2D eigenvalue weighted by Gasteiger charge is 2.49. The van der Waals surface area contributed by atoms with Gasteiger partial charge in [0.05, 0.1) is 23.2 Å². The first kappa shape index (κ1) is 26.0. The number of hydrogen-bond donors (Lipinski definition) is 0. The van der Waals surface area contributed by atoms with Gasteiger partial charge in [-0.2, -0.15) is 9.97 Å². The average Bonchev–Trinajstić information content (AvgIpc) is 3.47. The molecule has 3 aromatic heterocycles. The van der Waals surface area contributed by atoms with E-state index in [1.807, 2.05) is 47.2 Å². The van der Waals surface area contributed by atoms with Crippen LogP contribution in [0.2, 0.25) is 5.02 Å². The molecule has 3 aliphatic heterocycles. The number of aromatic nitrogens is 4. The van der Waals surface area contributed by atoms with E-state index in [1.54, 1.807) is 12.4 Å². The average molecular weight is 574 g/mol. The fourth-order valence-corrected chi connectivity index (χ4v) is 6.71. The number of amides is 1. The van der Waals surface area contributed by atoms with E-state index in [9.17, 15) is 9.18 Å². The zero-order valence-electron chi connectivity index (χ0n) is 22.6. The lowest BCUT2D eigenvalue weighted by Crippen LogP contribution is -2.63. The van der Waals surface area contributed by atoms with Gasteiger partial charge in [0, 0.05) is 59.4 Å². The van der Waals surface area contributed by atoms with Crippen LogP contribution in [-0.4, -0.2) is 93.2 Å². The first-order chi connectivity index (χ1) is 19.9. The Morgan fingerprint density at radius 2 is 2.05 bits per heavy atom. The zero-order chi connectivity index (χ0) is 28.2. The molecule has 0 N–H and O–H groups in total. The molecule has 210 valence electrons. The molecule has 3 aliphatic rings. The van der Waals surface area contributed by atoms with Crippen LogP contribution < -0.4 is 9.64 Å². The smallest absolute Gasteiger partial charge is 0.320 e. The van der Waals surface area contributed by atoms with Crippen molar-refractivity contribution in [3.8, 4) is 17.3 Å². The number of carbonyl (C=O) groups excluding carboxylic acids is 1. The minimum atomic E-state index is -0.867. The summed E-state index contributed by atoms with van der Waals surface area (Å²) in [6.45, 7) is 5.64. The van der Waals surface area contributed by atoms with Gasteiger partial charge in [0.2, 0.25) is 5.91 Å². The van der Waals surface area contributed by atoms with E-state index in [0.717, 1.165) is 34.0 Å². The Labute approximate surface area is 241 Å². The third-order valence-corrected chi connectivity index (χ3v) is 8.91. The Morgan fingerprint density at radius 3 is 2.85 bits per heavy atom. The second-order valence-electron chi connectivity index (χ2n) is 11.0. The van der Waals surface area contributed by atoms with Crippen LogP contribution >= 0.6 is 11.6 Å². The van der Waals surface area contributed by atoms with Gasteiger partial charge in [0.25, 0.3) is 0 Å². The van der Waals surface area contributed by atoms with Crippen LogP contribution in [0.1, 0.15) is 12.8 Å². The van der Waals surface area contributed by atoms with Crippen molar-refractivity contribution in [3.63, 3.8) is 0 Å². The van der Waals surface area contributed by atoms with Crippen molar-refractivity contribution in [1.82, 2.24) is 29.7 Å². The van der Waals surface area contributed by atoms with Crippen molar-refractivity contribution in [3.05, 3.63) is 60.4 Å². The number of nitrogens with zero attached hydrogens (tertiary/aromatic N) is 7. The monoisotopic (exact) mass is 573 g/mol. The summed E-state index contributed by atoms with van der Waals surface area (Å²) < 4.78 is 20.1.